The predicted molar refractivity (Wildman–Crippen MR) is 88.8 cm³/mol. The zero-order chi connectivity index (χ0) is 19.3. The third kappa shape index (κ3) is 2.93. The third-order valence-electron chi connectivity index (χ3n) is 5.68. The van der Waals surface area contributed by atoms with Crippen molar-refractivity contribution in [2.45, 2.75) is 12.5 Å². The van der Waals surface area contributed by atoms with Gasteiger partial charge >= 0.3 is 0 Å². The fourth-order valence-electron chi connectivity index (χ4n) is 4.37. The van der Waals surface area contributed by atoms with Gasteiger partial charge in [-0.2, -0.15) is 0 Å². The van der Waals surface area contributed by atoms with Crippen LogP contribution in [0, 0.1) is 35.3 Å². The van der Waals surface area contributed by atoms with Gasteiger partial charge in [0.05, 0.1) is 17.9 Å². The lowest BCUT2D eigenvalue weighted by molar-refractivity contribution is -0.144. The Morgan fingerprint density at radius 1 is 1.15 bits per heavy atom. The summed E-state index contributed by atoms with van der Waals surface area (Å²) in [4.78, 5) is 38.1. The van der Waals surface area contributed by atoms with Crippen LogP contribution in [-0.4, -0.2) is 40.8 Å². The standard InChI is InChI=1S/C19H18F2N2O4/c20-12-4-3-9(6-13(12)21)14(24)7-22-15(25)8-23-18(26)16-10-1-2-11(5-10)17(16)19(23)27/h1-4,6,10-11,14,16-17,24H,5,7-8H2,(H,22,25)/t10-,11-,14-,16-,17+/m0/s1. The maximum absolute atomic E-state index is 13.2. The number of nitrogens with zero attached hydrogens (tertiary/aromatic N) is 1. The summed E-state index contributed by atoms with van der Waals surface area (Å²) in [6.07, 6.45) is 3.51. The van der Waals surface area contributed by atoms with Gasteiger partial charge in [-0.3, -0.25) is 19.3 Å². The summed E-state index contributed by atoms with van der Waals surface area (Å²) in [5, 5.41) is 12.4. The molecule has 8 heteroatoms. The molecule has 3 aliphatic rings. The summed E-state index contributed by atoms with van der Waals surface area (Å²) in [6.45, 7) is -0.658. The molecule has 1 aliphatic heterocycles. The number of hydrogen-bond acceptors (Lipinski definition) is 4. The highest BCUT2D eigenvalue weighted by atomic mass is 19.2. The minimum absolute atomic E-state index is 0.0692. The van der Waals surface area contributed by atoms with Gasteiger partial charge in [0.1, 0.15) is 6.54 Å². The van der Waals surface area contributed by atoms with Crippen LogP contribution >= 0.6 is 0 Å². The molecule has 0 spiro atoms. The summed E-state index contributed by atoms with van der Waals surface area (Å²) in [5.41, 5.74) is 0.111. The Morgan fingerprint density at radius 3 is 2.37 bits per heavy atom. The van der Waals surface area contributed by atoms with Crippen molar-refractivity contribution >= 4 is 17.7 Å². The molecule has 142 valence electrons. The largest absolute Gasteiger partial charge is 0.387 e. The summed E-state index contributed by atoms with van der Waals surface area (Å²) < 4.78 is 26.1. The molecule has 4 rings (SSSR count). The number of benzene rings is 1. The topological polar surface area (TPSA) is 86.7 Å². The number of likely N-dealkylation sites (tertiary alicyclic amines) is 1. The first kappa shape index (κ1) is 17.8. The molecule has 0 aromatic heterocycles. The van der Waals surface area contributed by atoms with Gasteiger partial charge in [-0.1, -0.05) is 18.2 Å². The van der Waals surface area contributed by atoms with E-state index >= 15 is 0 Å². The van der Waals surface area contributed by atoms with Crippen LogP contribution in [0.2, 0.25) is 0 Å². The molecule has 0 unspecified atom stereocenters. The smallest absolute Gasteiger partial charge is 0.240 e. The van der Waals surface area contributed by atoms with Crippen molar-refractivity contribution in [2.24, 2.45) is 23.7 Å². The number of aliphatic hydroxyl groups excluding tert-OH is 1. The van der Waals surface area contributed by atoms with E-state index in [1.54, 1.807) is 0 Å². The fourth-order valence-corrected chi connectivity index (χ4v) is 4.37. The van der Waals surface area contributed by atoms with Crippen LogP contribution in [0.15, 0.2) is 30.4 Å². The zero-order valence-electron chi connectivity index (χ0n) is 14.3. The molecule has 3 amide bonds. The van der Waals surface area contributed by atoms with Gasteiger partial charge in [0, 0.05) is 6.54 Å². The quantitative estimate of drug-likeness (QED) is 0.591. The molecule has 2 N–H and O–H groups in total. The molecule has 2 bridgehead atoms. The lowest BCUT2D eigenvalue weighted by Gasteiger charge is -2.18. The van der Waals surface area contributed by atoms with Gasteiger partial charge in [-0.25, -0.2) is 8.78 Å². The first-order chi connectivity index (χ1) is 12.9. The second-order valence-electron chi connectivity index (χ2n) is 7.26. The molecule has 5 atom stereocenters. The Labute approximate surface area is 153 Å². The molecule has 6 nitrogen and oxygen atoms in total. The van der Waals surface area contributed by atoms with Gasteiger partial charge in [0.25, 0.3) is 0 Å². The van der Waals surface area contributed by atoms with E-state index in [4.69, 9.17) is 0 Å². The predicted octanol–water partition coefficient (Wildman–Crippen LogP) is 0.922. The Hall–Kier alpha value is -2.61. The summed E-state index contributed by atoms with van der Waals surface area (Å²) in [5.74, 6) is -3.97. The highest BCUT2D eigenvalue weighted by molar-refractivity contribution is 6.08. The van der Waals surface area contributed by atoms with E-state index < -0.39 is 30.2 Å². The number of fused-ring (bicyclic) bond motifs is 5. The Morgan fingerprint density at radius 2 is 1.78 bits per heavy atom. The van der Waals surface area contributed by atoms with Gasteiger partial charge in [-0.15, -0.1) is 0 Å². The van der Waals surface area contributed by atoms with Crippen molar-refractivity contribution in [1.29, 1.82) is 0 Å². The van der Waals surface area contributed by atoms with Crippen LogP contribution in [-0.2, 0) is 14.4 Å². The number of amides is 3. The molecular weight excluding hydrogens is 358 g/mol. The van der Waals surface area contributed by atoms with Gasteiger partial charge in [0.15, 0.2) is 11.6 Å². The Bertz CT molecular complexity index is 826. The molecule has 1 aromatic carbocycles. The molecule has 1 heterocycles. The second kappa shape index (κ2) is 6.53. The second-order valence-corrected chi connectivity index (χ2v) is 7.26. The molecule has 1 saturated heterocycles. The fraction of sp³-hybridized carbons (Fsp3) is 0.421. The minimum Gasteiger partial charge on any atom is -0.387 e. The van der Waals surface area contributed by atoms with E-state index in [9.17, 15) is 28.3 Å². The number of imide groups is 1. The first-order valence-corrected chi connectivity index (χ1v) is 8.80. The summed E-state index contributed by atoms with van der Waals surface area (Å²) >= 11 is 0. The number of halogens is 2. The van der Waals surface area contributed by atoms with Crippen molar-refractivity contribution < 1.29 is 28.3 Å². The van der Waals surface area contributed by atoms with Crippen molar-refractivity contribution in [3.05, 3.63) is 47.5 Å². The van der Waals surface area contributed by atoms with Crippen LogP contribution in [0.3, 0.4) is 0 Å². The molecule has 27 heavy (non-hydrogen) atoms. The SMILES string of the molecule is O=C(CN1C(=O)[C@@H]2[C@H](C1=O)[C@H]1C=C[C@H]2C1)NC[C@H](O)c1ccc(F)c(F)c1. The lowest BCUT2D eigenvalue weighted by Crippen LogP contribution is -2.42. The maximum Gasteiger partial charge on any atom is 0.240 e. The average molecular weight is 376 g/mol. The number of hydrogen-bond donors (Lipinski definition) is 2. The van der Waals surface area contributed by atoms with Crippen molar-refractivity contribution in [2.75, 3.05) is 13.1 Å². The molecule has 0 radical (unpaired) electrons. The average Bonchev–Trinajstić information content (AvgIpc) is 3.32. The molecule has 1 aromatic rings. The molecule has 2 fully saturated rings. The number of aliphatic hydroxyl groups is 1. The Kier molecular flexibility index (Phi) is 4.30. The monoisotopic (exact) mass is 376 g/mol. The van der Waals surface area contributed by atoms with Gasteiger partial charge in [-0.05, 0) is 36.0 Å². The van der Waals surface area contributed by atoms with Crippen LogP contribution in [0.25, 0.3) is 0 Å². The van der Waals surface area contributed by atoms with Crippen molar-refractivity contribution in [3.8, 4) is 0 Å². The number of carbonyl (C=O) groups excluding carboxylic acids is 3. The number of rotatable bonds is 5. The molecule has 2 aliphatic carbocycles. The summed E-state index contributed by atoms with van der Waals surface area (Å²) in [6, 6.07) is 2.95. The number of nitrogens with one attached hydrogen (secondary N) is 1. The van der Waals surface area contributed by atoms with Crippen LogP contribution in [0.5, 0.6) is 0 Å². The highest BCUT2D eigenvalue weighted by Gasteiger charge is 2.59. The Balaban J connectivity index is 1.34. The molecular formula is C19H18F2N2O4. The van der Waals surface area contributed by atoms with Crippen molar-refractivity contribution in [3.63, 3.8) is 0 Å². The summed E-state index contributed by atoms with van der Waals surface area (Å²) in [7, 11) is 0. The minimum atomic E-state index is -1.24. The lowest BCUT2D eigenvalue weighted by atomic mass is 9.85. The maximum atomic E-state index is 13.2. The third-order valence-corrected chi connectivity index (χ3v) is 5.68. The molecule has 1 saturated carbocycles. The van der Waals surface area contributed by atoms with E-state index in [2.05, 4.69) is 5.32 Å². The van der Waals surface area contributed by atoms with E-state index in [0.717, 1.165) is 23.5 Å². The number of carbonyl (C=O) groups is 3. The van der Waals surface area contributed by atoms with Gasteiger partial charge < -0.3 is 10.4 Å². The van der Waals surface area contributed by atoms with E-state index in [1.807, 2.05) is 12.2 Å². The van der Waals surface area contributed by atoms with E-state index in [1.165, 1.54) is 6.07 Å². The first-order valence-electron chi connectivity index (χ1n) is 8.80. The van der Waals surface area contributed by atoms with E-state index in [0.29, 0.717) is 0 Å². The normalized spacial score (nSPS) is 29.4. The van der Waals surface area contributed by atoms with Crippen LogP contribution in [0.4, 0.5) is 8.78 Å². The van der Waals surface area contributed by atoms with Crippen LogP contribution in [0.1, 0.15) is 18.1 Å². The zero-order valence-corrected chi connectivity index (χ0v) is 14.3. The van der Waals surface area contributed by atoms with Crippen LogP contribution < -0.4 is 5.32 Å². The number of allylic oxidation sites excluding steroid dienone is 2. The van der Waals surface area contributed by atoms with E-state index in [-0.39, 0.29) is 47.6 Å². The highest BCUT2D eigenvalue weighted by Crippen LogP contribution is 2.52. The van der Waals surface area contributed by atoms with Gasteiger partial charge in [0.2, 0.25) is 17.7 Å². The van der Waals surface area contributed by atoms with Crippen molar-refractivity contribution in [1.82, 2.24) is 10.2 Å².